The van der Waals surface area contributed by atoms with Gasteiger partial charge >= 0.3 is 0 Å². The maximum atomic E-state index is 12.1. The molecule has 18 heavy (non-hydrogen) atoms. The molecule has 4 nitrogen and oxygen atoms in total. The van der Waals surface area contributed by atoms with Crippen LogP contribution in [0.25, 0.3) is 0 Å². The molecule has 0 aliphatic rings. The van der Waals surface area contributed by atoms with E-state index in [4.69, 9.17) is 5.73 Å². The van der Waals surface area contributed by atoms with Crippen LogP contribution < -0.4 is 11.1 Å². The molecule has 1 aromatic carbocycles. The van der Waals surface area contributed by atoms with Gasteiger partial charge in [-0.2, -0.15) is 0 Å². The smallest absolute Gasteiger partial charge is 0.256 e. The van der Waals surface area contributed by atoms with Crippen molar-refractivity contribution in [3.8, 4) is 0 Å². The van der Waals surface area contributed by atoms with Crippen molar-refractivity contribution in [2.24, 2.45) is 0 Å². The molecule has 92 valence electrons. The highest BCUT2D eigenvalue weighted by Crippen LogP contribution is 2.17. The van der Waals surface area contributed by atoms with Crippen LogP contribution >= 0.6 is 0 Å². The first kappa shape index (κ1) is 12.1. The SMILES string of the molecule is Cc1cncc(NC(=O)c2cccc(N)c2C)c1. The van der Waals surface area contributed by atoms with Gasteiger partial charge in [0.15, 0.2) is 0 Å². The standard InChI is InChI=1S/C14H15N3O/c1-9-6-11(8-16-7-9)17-14(18)12-4-3-5-13(15)10(12)2/h3-8H,15H2,1-2H3,(H,17,18). The molecule has 2 rings (SSSR count). The monoisotopic (exact) mass is 241 g/mol. The molecule has 3 N–H and O–H groups in total. The lowest BCUT2D eigenvalue weighted by atomic mass is 10.1. The van der Waals surface area contributed by atoms with E-state index in [2.05, 4.69) is 10.3 Å². The molecule has 0 aliphatic carbocycles. The fourth-order valence-electron chi connectivity index (χ4n) is 1.72. The maximum absolute atomic E-state index is 12.1. The quantitative estimate of drug-likeness (QED) is 0.794. The van der Waals surface area contributed by atoms with Crippen molar-refractivity contribution >= 4 is 17.3 Å². The molecule has 0 radical (unpaired) electrons. The Morgan fingerprint density at radius 2 is 2.06 bits per heavy atom. The number of hydrogen-bond acceptors (Lipinski definition) is 3. The molecule has 0 aliphatic heterocycles. The average Bonchev–Trinajstić information content (AvgIpc) is 2.32. The van der Waals surface area contributed by atoms with E-state index in [0.29, 0.717) is 16.9 Å². The first-order chi connectivity index (χ1) is 8.58. The lowest BCUT2D eigenvalue weighted by molar-refractivity contribution is 0.102. The molecule has 2 aromatic rings. The molecule has 4 heteroatoms. The molecular weight excluding hydrogens is 226 g/mol. The van der Waals surface area contributed by atoms with Crippen molar-refractivity contribution in [2.45, 2.75) is 13.8 Å². The Balaban J connectivity index is 2.25. The number of nitrogen functional groups attached to an aromatic ring is 1. The third-order valence-electron chi connectivity index (χ3n) is 2.75. The van der Waals surface area contributed by atoms with Crippen molar-refractivity contribution in [3.63, 3.8) is 0 Å². The van der Waals surface area contributed by atoms with Gasteiger partial charge in [0, 0.05) is 17.4 Å². The van der Waals surface area contributed by atoms with Crippen LogP contribution in [0.3, 0.4) is 0 Å². The van der Waals surface area contributed by atoms with E-state index < -0.39 is 0 Å². The van der Waals surface area contributed by atoms with Crippen LogP contribution in [0.2, 0.25) is 0 Å². The van der Waals surface area contributed by atoms with Gasteiger partial charge in [0.1, 0.15) is 0 Å². The highest BCUT2D eigenvalue weighted by molar-refractivity contribution is 6.05. The lowest BCUT2D eigenvalue weighted by Gasteiger charge is -2.09. The molecule has 0 bridgehead atoms. The van der Waals surface area contributed by atoms with Crippen LogP contribution in [0.4, 0.5) is 11.4 Å². The Morgan fingerprint density at radius 1 is 1.28 bits per heavy atom. The van der Waals surface area contributed by atoms with Crippen LogP contribution in [-0.4, -0.2) is 10.9 Å². The number of rotatable bonds is 2. The first-order valence-electron chi connectivity index (χ1n) is 5.66. The van der Waals surface area contributed by atoms with Gasteiger partial charge in [0.25, 0.3) is 5.91 Å². The van der Waals surface area contributed by atoms with Gasteiger partial charge in [-0.25, -0.2) is 0 Å². The van der Waals surface area contributed by atoms with E-state index in [1.165, 1.54) is 0 Å². The molecule has 1 heterocycles. The van der Waals surface area contributed by atoms with Crippen LogP contribution in [0.15, 0.2) is 36.7 Å². The number of carbonyl (C=O) groups excluding carboxylic acids is 1. The molecule has 1 amide bonds. The number of aromatic nitrogens is 1. The third kappa shape index (κ3) is 2.48. The second kappa shape index (κ2) is 4.87. The summed E-state index contributed by atoms with van der Waals surface area (Å²) in [6, 6.07) is 7.17. The number of amides is 1. The fraction of sp³-hybridized carbons (Fsp3) is 0.143. The number of benzene rings is 1. The summed E-state index contributed by atoms with van der Waals surface area (Å²) in [5.41, 5.74) is 9.45. The normalized spacial score (nSPS) is 10.1. The van der Waals surface area contributed by atoms with Gasteiger partial charge in [0.05, 0.1) is 11.9 Å². The summed E-state index contributed by atoms with van der Waals surface area (Å²) < 4.78 is 0. The minimum absolute atomic E-state index is 0.174. The fourth-order valence-corrected chi connectivity index (χ4v) is 1.72. The van der Waals surface area contributed by atoms with Gasteiger partial charge in [-0.05, 0) is 43.2 Å². The number of pyridine rings is 1. The molecular formula is C14H15N3O. The highest BCUT2D eigenvalue weighted by Gasteiger charge is 2.10. The van der Waals surface area contributed by atoms with E-state index in [1.807, 2.05) is 19.9 Å². The maximum Gasteiger partial charge on any atom is 0.256 e. The predicted molar refractivity (Wildman–Crippen MR) is 72.5 cm³/mol. The Morgan fingerprint density at radius 3 is 2.78 bits per heavy atom. The number of nitrogens with one attached hydrogen (secondary N) is 1. The van der Waals surface area contributed by atoms with E-state index in [1.54, 1.807) is 30.6 Å². The lowest BCUT2D eigenvalue weighted by Crippen LogP contribution is -2.14. The summed E-state index contributed by atoms with van der Waals surface area (Å²) >= 11 is 0. The Kier molecular flexibility index (Phi) is 3.28. The summed E-state index contributed by atoms with van der Waals surface area (Å²) in [6.45, 7) is 3.76. The summed E-state index contributed by atoms with van der Waals surface area (Å²) in [6.07, 6.45) is 3.36. The molecule has 1 aromatic heterocycles. The third-order valence-corrected chi connectivity index (χ3v) is 2.75. The largest absolute Gasteiger partial charge is 0.398 e. The summed E-state index contributed by atoms with van der Waals surface area (Å²) in [5.74, 6) is -0.174. The zero-order valence-electron chi connectivity index (χ0n) is 10.4. The number of nitrogens with zero attached hydrogens (tertiary/aromatic N) is 1. The predicted octanol–water partition coefficient (Wildman–Crippen LogP) is 2.53. The van der Waals surface area contributed by atoms with Crippen LogP contribution in [0.1, 0.15) is 21.5 Å². The number of nitrogens with two attached hydrogens (primary N) is 1. The van der Waals surface area contributed by atoms with E-state index in [9.17, 15) is 4.79 Å². The van der Waals surface area contributed by atoms with E-state index in [-0.39, 0.29) is 5.91 Å². The molecule has 0 atom stereocenters. The summed E-state index contributed by atoms with van der Waals surface area (Å²) in [5, 5.41) is 2.81. The molecule has 0 saturated carbocycles. The second-order valence-electron chi connectivity index (χ2n) is 4.22. The number of hydrogen-bond donors (Lipinski definition) is 2. The van der Waals surface area contributed by atoms with E-state index >= 15 is 0 Å². The topological polar surface area (TPSA) is 68.0 Å². The molecule has 0 spiro atoms. The van der Waals surface area contributed by atoms with Crippen molar-refractivity contribution in [1.82, 2.24) is 4.98 Å². The molecule has 0 unspecified atom stereocenters. The van der Waals surface area contributed by atoms with Crippen molar-refractivity contribution in [2.75, 3.05) is 11.1 Å². The summed E-state index contributed by atoms with van der Waals surface area (Å²) in [7, 11) is 0. The zero-order valence-corrected chi connectivity index (χ0v) is 10.4. The van der Waals surface area contributed by atoms with Gasteiger partial charge in [-0.3, -0.25) is 9.78 Å². The first-order valence-corrected chi connectivity index (χ1v) is 5.66. The van der Waals surface area contributed by atoms with Crippen molar-refractivity contribution < 1.29 is 4.79 Å². The highest BCUT2D eigenvalue weighted by atomic mass is 16.1. The van der Waals surface area contributed by atoms with Crippen LogP contribution in [0.5, 0.6) is 0 Å². The Labute approximate surface area is 106 Å². The average molecular weight is 241 g/mol. The number of anilines is 2. The second-order valence-corrected chi connectivity index (χ2v) is 4.22. The van der Waals surface area contributed by atoms with Gasteiger partial charge in [-0.15, -0.1) is 0 Å². The van der Waals surface area contributed by atoms with Gasteiger partial charge in [0.2, 0.25) is 0 Å². The van der Waals surface area contributed by atoms with Gasteiger partial charge < -0.3 is 11.1 Å². The van der Waals surface area contributed by atoms with Crippen molar-refractivity contribution in [3.05, 3.63) is 53.3 Å². The number of aryl methyl sites for hydroxylation is 1. The van der Waals surface area contributed by atoms with E-state index in [0.717, 1.165) is 11.1 Å². The van der Waals surface area contributed by atoms with Crippen LogP contribution in [0, 0.1) is 13.8 Å². The minimum Gasteiger partial charge on any atom is -0.398 e. The number of carbonyl (C=O) groups is 1. The minimum atomic E-state index is -0.174. The van der Waals surface area contributed by atoms with Crippen molar-refractivity contribution in [1.29, 1.82) is 0 Å². The molecule has 0 saturated heterocycles. The zero-order chi connectivity index (χ0) is 13.1. The Hall–Kier alpha value is -2.36. The Bertz CT molecular complexity index is 593. The summed E-state index contributed by atoms with van der Waals surface area (Å²) in [4.78, 5) is 16.1. The van der Waals surface area contributed by atoms with Gasteiger partial charge in [-0.1, -0.05) is 6.07 Å². The molecule has 0 fully saturated rings. The van der Waals surface area contributed by atoms with Crippen LogP contribution in [-0.2, 0) is 0 Å².